The van der Waals surface area contributed by atoms with Gasteiger partial charge in [0.1, 0.15) is 0 Å². The zero-order valence-electron chi connectivity index (χ0n) is 12.4. The Balaban J connectivity index is 2.46. The average Bonchev–Trinajstić information content (AvgIpc) is 2.85. The van der Waals surface area contributed by atoms with Gasteiger partial charge in [-0.25, -0.2) is 13.1 Å². The van der Waals surface area contributed by atoms with Crippen molar-refractivity contribution in [3.05, 3.63) is 18.0 Å². The fraction of sp³-hybridized carbons (Fsp3) is 0.692. The van der Waals surface area contributed by atoms with Gasteiger partial charge < -0.3 is 15.0 Å². The molecule has 0 amide bonds. The smallest absolute Gasteiger partial charge is 0.242 e. The molecule has 1 aromatic rings. The van der Waals surface area contributed by atoms with Crippen molar-refractivity contribution in [2.45, 2.75) is 44.2 Å². The van der Waals surface area contributed by atoms with Crippen molar-refractivity contribution in [2.75, 3.05) is 20.3 Å². The fourth-order valence-corrected chi connectivity index (χ4v) is 2.74. The third kappa shape index (κ3) is 6.04. The maximum Gasteiger partial charge on any atom is 0.242 e. The van der Waals surface area contributed by atoms with Crippen LogP contribution < -0.4 is 10.0 Å². The van der Waals surface area contributed by atoms with Crippen LogP contribution in [-0.2, 0) is 21.3 Å². The number of nitrogens with one attached hydrogen (secondary N) is 3. The summed E-state index contributed by atoms with van der Waals surface area (Å²) >= 11 is 0. The summed E-state index contributed by atoms with van der Waals surface area (Å²) < 4.78 is 31.6. The molecule has 0 radical (unpaired) electrons. The number of ether oxygens (including phenoxy) is 1. The van der Waals surface area contributed by atoms with Crippen LogP contribution in [0, 0.1) is 0 Å². The number of hydrogen-bond acceptors (Lipinski definition) is 4. The van der Waals surface area contributed by atoms with Crippen LogP contribution in [0.1, 0.15) is 32.4 Å². The molecule has 0 aliphatic heterocycles. The fourth-order valence-electron chi connectivity index (χ4n) is 1.65. The van der Waals surface area contributed by atoms with Gasteiger partial charge in [-0.3, -0.25) is 0 Å². The molecule has 1 aromatic heterocycles. The second kappa shape index (κ2) is 8.41. The molecule has 0 spiro atoms. The molecule has 0 unspecified atom stereocenters. The van der Waals surface area contributed by atoms with E-state index >= 15 is 0 Å². The Morgan fingerprint density at radius 1 is 1.35 bits per heavy atom. The highest BCUT2D eigenvalue weighted by molar-refractivity contribution is 7.89. The van der Waals surface area contributed by atoms with Gasteiger partial charge in [0.05, 0.1) is 4.90 Å². The zero-order chi connectivity index (χ0) is 15.0. The van der Waals surface area contributed by atoms with E-state index in [4.69, 9.17) is 4.74 Å². The molecule has 0 saturated heterocycles. The second-order valence-corrected chi connectivity index (χ2v) is 6.76. The SMILES string of the molecule is COCCCCNS(=O)(=O)c1c[nH]c(CNC(C)C)c1. The maximum absolute atomic E-state index is 12.0. The van der Waals surface area contributed by atoms with E-state index in [1.54, 1.807) is 13.2 Å². The number of rotatable bonds is 10. The number of unbranched alkanes of at least 4 members (excludes halogenated alkanes) is 1. The molecule has 0 fully saturated rings. The summed E-state index contributed by atoms with van der Waals surface area (Å²) in [5.41, 5.74) is 0.860. The van der Waals surface area contributed by atoms with Gasteiger partial charge in [-0.2, -0.15) is 0 Å². The molecule has 0 aliphatic rings. The van der Waals surface area contributed by atoms with Crippen LogP contribution in [0.5, 0.6) is 0 Å². The van der Waals surface area contributed by atoms with Crippen molar-refractivity contribution in [3.63, 3.8) is 0 Å². The maximum atomic E-state index is 12.0. The molecule has 0 atom stereocenters. The summed E-state index contributed by atoms with van der Waals surface area (Å²) in [4.78, 5) is 3.26. The van der Waals surface area contributed by atoms with Gasteiger partial charge in [0.2, 0.25) is 10.0 Å². The molecule has 1 heterocycles. The van der Waals surface area contributed by atoms with E-state index in [0.717, 1.165) is 18.5 Å². The quantitative estimate of drug-likeness (QED) is 0.568. The van der Waals surface area contributed by atoms with Crippen LogP contribution >= 0.6 is 0 Å². The molecule has 0 bridgehead atoms. The van der Waals surface area contributed by atoms with E-state index < -0.39 is 10.0 Å². The largest absolute Gasteiger partial charge is 0.385 e. The van der Waals surface area contributed by atoms with Crippen LogP contribution in [0.4, 0.5) is 0 Å². The van der Waals surface area contributed by atoms with Gasteiger partial charge in [-0.15, -0.1) is 0 Å². The molecule has 3 N–H and O–H groups in total. The normalized spacial score (nSPS) is 12.2. The molecular weight excluding hydrogens is 278 g/mol. The van der Waals surface area contributed by atoms with E-state index in [0.29, 0.717) is 25.7 Å². The van der Waals surface area contributed by atoms with Crippen molar-refractivity contribution < 1.29 is 13.2 Å². The van der Waals surface area contributed by atoms with E-state index in [9.17, 15) is 8.42 Å². The van der Waals surface area contributed by atoms with Crippen molar-refractivity contribution >= 4 is 10.0 Å². The minimum Gasteiger partial charge on any atom is -0.385 e. The Kier molecular flexibility index (Phi) is 7.22. The summed E-state index contributed by atoms with van der Waals surface area (Å²) in [6.45, 7) is 5.79. The minimum atomic E-state index is -3.42. The third-order valence-electron chi connectivity index (χ3n) is 2.79. The Bertz CT molecular complexity index is 483. The second-order valence-electron chi connectivity index (χ2n) is 4.99. The van der Waals surface area contributed by atoms with Crippen LogP contribution in [0.3, 0.4) is 0 Å². The van der Waals surface area contributed by atoms with E-state index in [2.05, 4.69) is 15.0 Å². The monoisotopic (exact) mass is 303 g/mol. The molecule has 116 valence electrons. The van der Waals surface area contributed by atoms with E-state index in [1.807, 2.05) is 13.8 Å². The first-order valence-electron chi connectivity index (χ1n) is 6.85. The lowest BCUT2D eigenvalue weighted by Crippen LogP contribution is -2.24. The highest BCUT2D eigenvalue weighted by atomic mass is 32.2. The number of sulfonamides is 1. The highest BCUT2D eigenvalue weighted by Crippen LogP contribution is 2.10. The lowest BCUT2D eigenvalue weighted by atomic mass is 10.3. The van der Waals surface area contributed by atoms with E-state index in [1.165, 1.54) is 6.20 Å². The zero-order valence-corrected chi connectivity index (χ0v) is 13.2. The van der Waals surface area contributed by atoms with Crippen molar-refractivity contribution in [1.29, 1.82) is 0 Å². The van der Waals surface area contributed by atoms with Crippen LogP contribution in [0.2, 0.25) is 0 Å². The summed E-state index contributed by atoms with van der Waals surface area (Å²) in [7, 11) is -1.78. The summed E-state index contributed by atoms with van der Waals surface area (Å²) in [6.07, 6.45) is 3.13. The Morgan fingerprint density at radius 3 is 2.75 bits per heavy atom. The van der Waals surface area contributed by atoms with Crippen molar-refractivity contribution in [3.8, 4) is 0 Å². The molecule has 0 aliphatic carbocycles. The Hall–Kier alpha value is -0.890. The molecule has 0 aromatic carbocycles. The van der Waals surface area contributed by atoms with Gasteiger partial charge in [0.15, 0.2) is 0 Å². The van der Waals surface area contributed by atoms with Gasteiger partial charge in [0.25, 0.3) is 0 Å². The minimum absolute atomic E-state index is 0.282. The molecule has 1 rings (SSSR count). The van der Waals surface area contributed by atoms with Gasteiger partial charge in [-0.05, 0) is 18.9 Å². The predicted molar refractivity (Wildman–Crippen MR) is 79.1 cm³/mol. The number of hydrogen-bond donors (Lipinski definition) is 3. The summed E-state index contributed by atoms with van der Waals surface area (Å²) in [6, 6.07) is 2.02. The lowest BCUT2D eigenvalue weighted by Gasteiger charge is -2.06. The van der Waals surface area contributed by atoms with Crippen molar-refractivity contribution in [1.82, 2.24) is 15.0 Å². The lowest BCUT2D eigenvalue weighted by molar-refractivity contribution is 0.193. The number of methoxy groups -OCH3 is 1. The van der Waals surface area contributed by atoms with Crippen LogP contribution in [0.25, 0.3) is 0 Å². The van der Waals surface area contributed by atoms with E-state index in [-0.39, 0.29) is 4.90 Å². The van der Waals surface area contributed by atoms with Crippen LogP contribution in [-0.4, -0.2) is 39.7 Å². The first-order valence-corrected chi connectivity index (χ1v) is 8.33. The standard InChI is InChI=1S/C13H25N3O3S/c1-11(2)14-9-12-8-13(10-15-12)20(17,18)16-6-4-5-7-19-3/h8,10-11,14-16H,4-7,9H2,1-3H3. The predicted octanol–water partition coefficient (Wildman–Crippen LogP) is 1.22. The van der Waals surface area contributed by atoms with Crippen LogP contribution in [0.15, 0.2) is 17.2 Å². The molecule has 0 saturated carbocycles. The highest BCUT2D eigenvalue weighted by Gasteiger charge is 2.15. The Labute approximate surface area is 121 Å². The van der Waals surface area contributed by atoms with Crippen molar-refractivity contribution in [2.24, 2.45) is 0 Å². The van der Waals surface area contributed by atoms with Gasteiger partial charge in [0, 0.05) is 44.7 Å². The number of aromatic amines is 1. The molecular formula is C13H25N3O3S. The molecule has 7 heteroatoms. The number of H-pyrrole nitrogens is 1. The summed E-state index contributed by atoms with van der Waals surface area (Å²) in [5.74, 6) is 0. The van der Waals surface area contributed by atoms with Gasteiger partial charge >= 0.3 is 0 Å². The van der Waals surface area contributed by atoms with Gasteiger partial charge in [-0.1, -0.05) is 13.8 Å². The first-order chi connectivity index (χ1) is 9.45. The average molecular weight is 303 g/mol. The molecule has 20 heavy (non-hydrogen) atoms. The first kappa shape index (κ1) is 17.2. The topological polar surface area (TPSA) is 83.2 Å². The Morgan fingerprint density at radius 2 is 2.10 bits per heavy atom. The number of aromatic nitrogens is 1. The third-order valence-corrected chi connectivity index (χ3v) is 4.24. The molecule has 6 nitrogen and oxygen atoms in total. The summed E-state index contributed by atoms with van der Waals surface area (Å²) in [5, 5.41) is 3.23.